The Bertz CT molecular complexity index is 2190. The molecule has 252 valence electrons. The van der Waals surface area contributed by atoms with Crippen LogP contribution in [0.3, 0.4) is 0 Å². The van der Waals surface area contributed by atoms with Gasteiger partial charge in [0.2, 0.25) is 0 Å². The average Bonchev–Trinajstić information content (AvgIpc) is 3.73. The van der Waals surface area contributed by atoms with Gasteiger partial charge < -0.3 is 24.8 Å². The monoisotopic (exact) mass is 784 g/mol. The first kappa shape index (κ1) is 39.5. The van der Waals surface area contributed by atoms with Crippen LogP contribution in [0.15, 0.2) is 146 Å². The third-order valence-electron chi connectivity index (χ3n) is 9.00. The van der Waals surface area contributed by atoms with Crippen molar-refractivity contribution in [3.05, 3.63) is 157 Å². The molecule has 0 spiro atoms. The Labute approximate surface area is 325 Å². The van der Waals surface area contributed by atoms with Gasteiger partial charge in [-0.1, -0.05) is 124 Å². The van der Waals surface area contributed by atoms with Gasteiger partial charge in [0, 0.05) is 0 Å². The zero-order chi connectivity index (χ0) is 33.8. The van der Waals surface area contributed by atoms with Gasteiger partial charge in [-0.15, -0.1) is 69.1 Å². The molecule has 0 saturated heterocycles. The molecule has 0 atom stereocenters. The zero-order valence-corrected chi connectivity index (χ0v) is 34.7. The molecule has 8 aromatic rings. The summed E-state index contributed by atoms with van der Waals surface area (Å²) in [6.07, 6.45) is 0. The van der Waals surface area contributed by atoms with Crippen LogP contribution in [0, 0.1) is 0 Å². The first-order valence-corrected chi connectivity index (χ1v) is 23.3. The summed E-state index contributed by atoms with van der Waals surface area (Å²) < 4.78 is 0. The van der Waals surface area contributed by atoms with E-state index in [1.165, 1.54) is 76.5 Å². The molecule has 0 nitrogen and oxygen atoms in total. The molecule has 50 heavy (non-hydrogen) atoms. The summed E-state index contributed by atoms with van der Waals surface area (Å²) in [6.45, 7) is 13.6. The molecule has 0 fully saturated rings. The Balaban J connectivity index is 0.000000196. The maximum absolute atomic E-state index is 2.35. The summed E-state index contributed by atoms with van der Waals surface area (Å²) in [5, 5.41) is 10.6. The number of benzene rings is 6. The fraction of sp³-hybridized carbons (Fsp3) is 0.174. The molecule has 0 heterocycles. The van der Waals surface area contributed by atoms with Crippen LogP contribution < -0.4 is 24.8 Å². The predicted octanol–water partition coefficient (Wildman–Crippen LogP) is 7.80. The summed E-state index contributed by atoms with van der Waals surface area (Å²) in [5.74, 6) is 1.13. The number of rotatable bonds is 4. The van der Waals surface area contributed by atoms with Crippen molar-refractivity contribution in [3.63, 3.8) is 0 Å². The van der Waals surface area contributed by atoms with Gasteiger partial charge in [0.25, 0.3) is 0 Å². The smallest absolute Gasteiger partial charge is 1.00 e. The van der Waals surface area contributed by atoms with Crippen molar-refractivity contribution >= 4 is 48.5 Å². The second-order valence-electron chi connectivity index (χ2n) is 13.6. The van der Waals surface area contributed by atoms with E-state index in [-0.39, 0.29) is 30.2 Å². The van der Waals surface area contributed by atoms with Crippen LogP contribution in [-0.2, 0) is 23.3 Å². The second kappa shape index (κ2) is 17.8. The third-order valence-corrected chi connectivity index (χ3v) is 9.00. The van der Waals surface area contributed by atoms with Gasteiger partial charge >= 0.3 is 41.9 Å². The zero-order valence-electron chi connectivity index (χ0n) is 29.8. The quantitative estimate of drug-likeness (QED) is 0.126. The summed E-state index contributed by atoms with van der Waals surface area (Å²) in [4.78, 5) is 0. The standard InChI is InChI=1S/2C22H19.C2H6Si.2ClH.Zr/c2*1-15(2)20-13-18-8-5-9-21(22(18)14-20)19-11-10-16-6-3-4-7-17(16)12-19;1-3-2;;;/h2*3-15H,1-2H3;1-2H3;2*1H;/q2*-1;;;;+2/p-2. The van der Waals surface area contributed by atoms with Crippen LogP contribution in [0.1, 0.15) is 50.7 Å². The van der Waals surface area contributed by atoms with E-state index in [1.807, 2.05) is 0 Å². The molecule has 0 aliphatic heterocycles. The van der Waals surface area contributed by atoms with Gasteiger partial charge in [0.1, 0.15) is 0 Å². The van der Waals surface area contributed by atoms with Gasteiger partial charge in [-0.25, -0.2) is 0 Å². The van der Waals surface area contributed by atoms with Crippen LogP contribution in [-0.4, -0.2) is 5.43 Å². The number of hydrogen-bond donors (Lipinski definition) is 0. The summed E-state index contributed by atoms with van der Waals surface area (Å²) in [7, 11) is 0. The van der Waals surface area contributed by atoms with E-state index >= 15 is 0 Å². The molecular formula is C46H44Cl2SiZr-2. The maximum Gasteiger partial charge on any atom is -1.00 e. The van der Waals surface area contributed by atoms with E-state index in [2.05, 4.69) is 186 Å². The molecule has 0 aliphatic carbocycles. The Kier molecular flexibility index (Phi) is 14.1. The van der Waals surface area contributed by atoms with Crippen molar-refractivity contribution in [2.24, 2.45) is 0 Å². The van der Waals surface area contributed by atoms with Gasteiger partial charge in [-0.2, -0.15) is 12.1 Å². The topological polar surface area (TPSA) is 0 Å². The molecule has 8 aromatic carbocycles. The van der Waals surface area contributed by atoms with E-state index in [0.29, 0.717) is 11.8 Å². The number of fused-ring (bicyclic) bond motifs is 4. The molecule has 0 aromatic heterocycles. The first-order chi connectivity index (χ1) is 23.2. The SMILES string of the molecule is CC(C)c1cc2c(-c3ccc4ccccc4c3)cccc2[cH-]1.CC(C)c1cc2c(-c3ccc4ccccc4c3)cccc2[cH-]1.C[Si](C)=[Zr+2].[Cl-].[Cl-]. The van der Waals surface area contributed by atoms with Crippen molar-refractivity contribution in [3.8, 4) is 22.3 Å². The molecular weight excluding hydrogens is 743 g/mol. The van der Waals surface area contributed by atoms with E-state index < -0.39 is 0 Å². The van der Waals surface area contributed by atoms with Crippen molar-refractivity contribution in [1.82, 2.24) is 0 Å². The maximum atomic E-state index is 2.35. The van der Waals surface area contributed by atoms with E-state index in [1.54, 1.807) is 23.3 Å². The fourth-order valence-electron chi connectivity index (χ4n) is 6.40. The fourth-order valence-corrected chi connectivity index (χ4v) is 6.40. The minimum Gasteiger partial charge on any atom is -1.00 e. The molecule has 0 amide bonds. The summed E-state index contributed by atoms with van der Waals surface area (Å²) in [5.41, 5.74) is 8.30. The Morgan fingerprint density at radius 3 is 1.18 bits per heavy atom. The van der Waals surface area contributed by atoms with Gasteiger partial charge in [0.05, 0.1) is 0 Å². The molecule has 0 radical (unpaired) electrons. The van der Waals surface area contributed by atoms with Crippen molar-refractivity contribution in [2.75, 3.05) is 0 Å². The molecule has 0 unspecified atom stereocenters. The second-order valence-corrected chi connectivity index (χ2v) is 23.0. The van der Waals surface area contributed by atoms with Crippen molar-refractivity contribution in [1.29, 1.82) is 0 Å². The van der Waals surface area contributed by atoms with E-state index in [0.717, 1.165) is 0 Å². The Hall–Kier alpha value is -3.26. The van der Waals surface area contributed by atoms with E-state index in [9.17, 15) is 0 Å². The minimum absolute atomic E-state index is 0. The number of halogens is 2. The minimum atomic E-state index is 0. The normalized spacial score (nSPS) is 10.8. The molecule has 0 N–H and O–H groups in total. The van der Waals surface area contributed by atoms with E-state index in [4.69, 9.17) is 0 Å². The molecule has 0 aliphatic rings. The molecule has 0 saturated carbocycles. The van der Waals surface area contributed by atoms with Crippen LogP contribution in [0.4, 0.5) is 0 Å². The largest absolute Gasteiger partial charge is 1.00 e. The Morgan fingerprint density at radius 2 is 0.820 bits per heavy atom. The predicted molar refractivity (Wildman–Crippen MR) is 211 cm³/mol. The van der Waals surface area contributed by atoms with Crippen molar-refractivity contribution < 1.29 is 48.1 Å². The Morgan fingerprint density at radius 1 is 0.460 bits per heavy atom. The molecule has 0 bridgehead atoms. The van der Waals surface area contributed by atoms with Crippen LogP contribution >= 0.6 is 0 Å². The van der Waals surface area contributed by atoms with Crippen LogP contribution in [0.25, 0.3) is 65.3 Å². The summed E-state index contributed by atoms with van der Waals surface area (Å²) in [6, 6.07) is 53.2. The average molecular weight is 787 g/mol. The van der Waals surface area contributed by atoms with Crippen LogP contribution in [0.2, 0.25) is 13.1 Å². The molecule has 4 heteroatoms. The van der Waals surface area contributed by atoms with Gasteiger partial charge in [-0.3, -0.25) is 0 Å². The van der Waals surface area contributed by atoms with Gasteiger partial charge in [0.15, 0.2) is 0 Å². The first-order valence-electron chi connectivity index (χ1n) is 17.1. The van der Waals surface area contributed by atoms with Crippen molar-refractivity contribution in [2.45, 2.75) is 52.6 Å². The third kappa shape index (κ3) is 9.15. The molecule has 8 rings (SSSR count). The van der Waals surface area contributed by atoms with Gasteiger partial charge in [-0.05, 0) is 56.6 Å². The number of hydrogen-bond acceptors (Lipinski definition) is 0. The van der Waals surface area contributed by atoms with Crippen LogP contribution in [0.5, 0.6) is 0 Å². The summed E-state index contributed by atoms with van der Waals surface area (Å²) >= 11 is 1.74.